The van der Waals surface area contributed by atoms with Gasteiger partial charge < -0.3 is 15.4 Å². The third-order valence-corrected chi connectivity index (χ3v) is 3.71. The lowest BCUT2D eigenvalue weighted by molar-refractivity contribution is 0.322. The summed E-state index contributed by atoms with van der Waals surface area (Å²) in [5, 5.41) is 6.50. The second-order valence-electron chi connectivity index (χ2n) is 5.06. The normalized spacial score (nSPS) is 10.7. The maximum absolute atomic E-state index is 5.69. The van der Waals surface area contributed by atoms with Crippen LogP contribution in [0.2, 0.25) is 0 Å². The second-order valence-corrected chi connectivity index (χ2v) is 5.98. The molecule has 1 heterocycles. The first-order chi connectivity index (χ1) is 11.8. The number of pyridine rings is 1. The fraction of sp³-hybridized carbons (Fsp3) is 0.333. The summed E-state index contributed by atoms with van der Waals surface area (Å²) in [6.07, 6.45) is 2.63. The first kappa shape index (κ1) is 21.7. The number of benzene rings is 1. The predicted molar refractivity (Wildman–Crippen MR) is 117 cm³/mol. The molecule has 2 N–H and O–H groups in total. The van der Waals surface area contributed by atoms with Crippen molar-refractivity contribution in [3.63, 3.8) is 0 Å². The van der Waals surface area contributed by atoms with Gasteiger partial charge in [0.15, 0.2) is 5.96 Å². The van der Waals surface area contributed by atoms with Crippen LogP contribution in [-0.4, -0.2) is 37.2 Å². The summed E-state index contributed by atoms with van der Waals surface area (Å²) in [6, 6.07) is 13.7. The lowest BCUT2D eigenvalue weighted by Gasteiger charge is -2.12. The molecular formula is C18H24BrIN4O. The van der Waals surface area contributed by atoms with E-state index in [2.05, 4.69) is 36.5 Å². The van der Waals surface area contributed by atoms with E-state index in [9.17, 15) is 0 Å². The minimum absolute atomic E-state index is 0. The Morgan fingerprint density at radius 1 is 1.16 bits per heavy atom. The Morgan fingerprint density at radius 3 is 2.64 bits per heavy atom. The van der Waals surface area contributed by atoms with Gasteiger partial charge in [-0.15, -0.1) is 24.0 Å². The molecule has 5 nitrogen and oxygen atoms in total. The summed E-state index contributed by atoms with van der Waals surface area (Å²) in [7, 11) is 0. The van der Waals surface area contributed by atoms with Gasteiger partial charge in [-0.2, -0.15) is 0 Å². The Balaban J connectivity index is 0.00000312. The smallest absolute Gasteiger partial charge is 0.191 e. The number of halogens is 2. The number of rotatable bonds is 8. The number of ether oxygens (including phenoxy) is 1. The standard InChI is InChI=1S/C18H23BrN4O.HI/c1-2-20-18(22-12-10-16-5-3-4-11-21-16)23-13-14-24-17-8-6-15(19)7-9-17;/h3-9,11H,2,10,12-14H2,1H3,(H2,20,22,23);1H. The Hall–Kier alpha value is -1.35. The molecule has 0 amide bonds. The molecule has 2 rings (SSSR count). The van der Waals surface area contributed by atoms with E-state index in [4.69, 9.17) is 4.74 Å². The van der Waals surface area contributed by atoms with Crippen LogP contribution in [0.25, 0.3) is 0 Å². The molecule has 0 saturated heterocycles. The van der Waals surface area contributed by atoms with Crippen LogP contribution in [0.15, 0.2) is 58.1 Å². The summed E-state index contributed by atoms with van der Waals surface area (Å²) >= 11 is 3.41. The van der Waals surface area contributed by atoms with Crippen molar-refractivity contribution in [2.45, 2.75) is 13.3 Å². The van der Waals surface area contributed by atoms with E-state index in [1.807, 2.05) is 55.6 Å². The maximum atomic E-state index is 5.69. The molecule has 0 aliphatic rings. The topological polar surface area (TPSA) is 58.5 Å². The lowest BCUT2D eigenvalue weighted by atomic mass is 10.3. The number of nitrogens with one attached hydrogen (secondary N) is 2. The zero-order chi connectivity index (χ0) is 17.0. The average Bonchev–Trinajstić information content (AvgIpc) is 2.61. The number of hydrogen-bond donors (Lipinski definition) is 2. The molecule has 0 aliphatic carbocycles. The molecular weight excluding hydrogens is 495 g/mol. The Morgan fingerprint density at radius 2 is 1.96 bits per heavy atom. The molecule has 2 aromatic rings. The quantitative estimate of drug-likeness (QED) is 0.242. The molecule has 7 heteroatoms. The van der Waals surface area contributed by atoms with E-state index in [0.717, 1.165) is 34.8 Å². The van der Waals surface area contributed by atoms with E-state index < -0.39 is 0 Å². The SMILES string of the molecule is CCNC(=NCCc1ccccn1)NCCOc1ccc(Br)cc1.I. The summed E-state index contributed by atoms with van der Waals surface area (Å²) < 4.78 is 6.73. The highest BCUT2D eigenvalue weighted by molar-refractivity contribution is 14.0. The third-order valence-electron chi connectivity index (χ3n) is 3.19. The Kier molecular flexibility index (Phi) is 11.2. The van der Waals surface area contributed by atoms with Gasteiger partial charge in [-0.25, -0.2) is 0 Å². The number of nitrogens with zero attached hydrogens (tertiary/aromatic N) is 2. The number of aliphatic imine (C=N–C) groups is 1. The van der Waals surface area contributed by atoms with E-state index in [1.54, 1.807) is 0 Å². The van der Waals surface area contributed by atoms with Gasteiger partial charge in [0, 0.05) is 35.9 Å². The van der Waals surface area contributed by atoms with Crippen molar-refractivity contribution in [3.05, 3.63) is 58.8 Å². The highest BCUT2D eigenvalue weighted by atomic mass is 127. The highest BCUT2D eigenvalue weighted by Gasteiger charge is 1.98. The molecule has 0 bridgehead atoms. The minimum atomic E-state index is 0. The van der Waals surface area contributed by atoms with Crippen LogP contribution in [0.5, 0.6) is 5.75 Å². The first-order valence-electron chi connectivity index (χ1n) is 8.08. The molecule has 1 aromatic heterocycles. The van der Waals surface area contributed by atoms with Gasteiger partial charge in [0.05, 0.1) is 6.54 Å². The van der Waals surface area contributed by atoms with Crippen LogP contribution in [-0.2, 0) is 6.42 Å². The van der Waals surface area contributed by atoms with E-state index in [0.29, 0.717) is 19.7 Å². The molecule has 0 radical (unpaired) electrons. The zero-order valence-electron chi connectivity index (χ0n) is 14.2. The summed E-state index contributed by atoms with van der Waals surface area (Å²) in [6.45, 7) is 4.83. The van der Waals surface area contributed by atoms with Gasteiger partial charge in [0.25, 0.3) is 0 Å². The molecule has 1 aromatic carbocycles. The van der Waals surface area contributed by atoms with Crippen LogP contribution in [0, 0.1) is 0 Å². The Labute approximate surface area is 174 Å². The molecule has 0 spiro atoms. The Bertz CT molecular complexity index is 623. The maximum Gasteiger partial charge on any atom is 0.191 e. The number of hydrogen-bond acceptors (Lipinski definition) is 3. The average molecular weight is 519 g/mol. The van der Waals surface area contributed by atoms with Gasteiger partial charge in [0.1, 0.15) is 12.4 Å². The van der Waals surface area contributed by atoms with Crippen molar-refractivity contribution < 1.29 is 4.74 Å². The van der Waals surface area contributed by atoms with E-state index in [1.165, 1.54) is 0 Å². The van der Waals surface area contributed by atoms with Crippen molar-refractivity contribution in [2.24, 2.45) is 4.99 Å². The molecule has 0 aliphatic heterocycles. The van der Waals surface area contributed by atoms with Crippen LogP contribution >= 0.6 is 39.9 Å². The van der Waals surface area contributed by atoms with E-state index in [-0.39, 0.29) is 24.0 Å². The van der Waals surface area contributed by atoms with Crippen LogP contribution in [0.4, 0.5) is 0 Å². The van der Waals surface area contributed by atoms with Gasteiger partial charge in [-0.05, 0) is 43.3 Å². The largest absolute Gasteiger partial charge is 0.492 e. The van der Waals surface area contributed by atoms with Crippen LogP contribution in [0.1, 0.15) is 12.6 Å². The van der Waals surface area contributed by atoms with Gasteiger partial charge in [0.2, 0.25) is 0 Å². The van der Waals surface area contributed by atoms with Crippen LogP contribution < -0.4 is 15.4 Å². The summed E-state index contributed by atoms with van der Waals surface area (Å²) in [5.74, 6) is 1.66. The minimum Gasteiger partial charge on any atom is -0.492 e. The number of guanidine groups is 1. The summed E-state index contributed by atoms with van der Waals surface area (Å²) in [4.78, 5) is 8.86. The number of aromatic nitrogens is 1. The van der Waals surface area contributed by atoms with Crippen molar-refractivity contribution in [1.29, 1.82) is 0 Å². The molecule has 0 fully saturated rings. The van der Waals surface area contributed by atoms with Crippen molar-refractivity contribution in [3.8, 4) is 5.75 Å². The van der Waals surface area contributed by atoms with E-state index >= 15 is 0 Å². The zero-order valence-corrected chi connectivity index (χ0v) is 18.2. The summed E-state index contributed by atoms with van der Waals surface area (Å²) in [5.41, 5.74) is 1.05. The molecule has 0 unspecified atom stereocenters. The lowest BCUT2D eigenvalue weighted by Crippen LogP contribution is -2.39. The fourth-order valence-electron chi connectivity index (χ4n) is 2.04. The third kappa shape index (κ3) is 9.06. The fourth-order valence-corrected chi connectivity index (χ4v) is 2.30. The van der Waals surface area contributed by atoms with Crippen molar-refractivity contribution in [1.82, 2.24) is 15.6 Å². The predicted octanol–water partition coefficient (Wildman–Crippen LogP) is 3.64. The molecule has 0 saturated carbocycles. The van der Waals surface area contributed by atoms with Gasteiger partial charge in [-0.3, -0.25) is 9.98 Å². The molecule has 25 heavy (non-hydrogen) atoms. The van der Waals surface area contributed by atoms with Crippen LogP contribution in [0.3, 0.4) is 0 Å². The van der Waals surface area contributed by atoms with Gasteiger partial charge >= 0.3 is 0 Å². The monoisotopic (exact) mass is 518 g/mol. The van der Waals surface area contributed by atoms with Crippen molar-refractivity contribution >= 4 is 45.9 Å². The molecule has 0 atom stereocenters. The second kappa shape index (κ2) is 12.9. The van der Waals surface area contributed by atoms with Crippen molar-refractivity contribution in [2.75, 3.05) is 26.2 Å². The molecule has 136 valence electrons. The first-order valence-corrected chi connectivity index (χ1v) is 8.87. The highest BCUT2D eigenvalue weighted by Crippen LogP contribution is 2.15. The van der Waals surface area contributed by atoms with Gasteiger partial charge in [-0.1, -0.05) is 22.0 Å².